The van der Waals surface area contributed by atoms with Crippen LogP contribution in [0.25, 0.3) is 6.08 Å². The molecule has 1 aliphatic heterocycles. The van der Waals surface area contributed by atoms with E-state index in [0.29, 0.717) is 0 Å². The van der Waals surface area contributed by atoms with Crippen LogP contribution in [0.15, 0.2) is 48.6 Å². The molecule has 1 saturated carbocycles. The molecule has 1 heterocycles. The molecule has 1 aromatic rings. The number of rotatable bonds is 5. The fourth-order valence-corrected chi connectivity index (χ4v) is 4.49. The molecule has 1 saturated heterocycles. The van der Waals surface area contributed by atoms with Gasteiger partial charge in [0.25, 0.3) is 0 Å². The van der Waals surface area contributed by atoms with Crippen LogP contribution in [0.3, 0.4) is 0 Å². The Morgan fingerprint density at radius 3 is 2.39 bits per heavy atom. The molecule has 23 heavy (non-hydrogen) atoms. The molecule has 0 radical (unpaired) electrons. The van der Waals surface area contributed by atoms with Crippen molar-refractivity contribution in [2.75, 3.05) is 39.3 Å². The second kappa shape index (κ2) is 7.02. The topological polar surface area (TPSA) is 6.48 Å². The lowest BCUT2D eigenvalue weighted by Gasteiger charge is -2.36. The Balaban J connectivity index is 1.19. The van der Waals surface area contributed by atoms with Crippen LogP contribution in [0.4, 0.5) is 0 Å². The van der Waals surface area contributed by atoms with E-state index in [-0.39, 0.29) is 0 Å². The van der Waals surface area contributed by atoms with Crippen molar-refractivity contribution in [1.29, 1.82) is 0 Å². The molecule has 0 N–H and O–H groups in total. The molecule has 0 spiro atoms. The van der Waals surface area contributed by atoms with Crippen molar-refractivity contribution < 1.29 is 0 Å². The Bertz CT molecular complexity index is 554. The third-order valence-corrected chi connectivity index (χ3v) is 5.85. The smallest absolute Gasteiger partial charge is 0.0167 e. The van der Waals surface area contributed by atoms with Gasteiger partial charge in [-0.15, -0.1) is 0 Å². The van der Waals surface area contributed by atoms with Gasteiger partial charge in [0.2, 0.25) is 0 Å². The number of benzene rings is 1. The molecule has 2 bridgehead atoms. The number of nitrogens with zero attached hydrogens (tertiary/aromatic N) is 2. The highest BCUT2D eigenvalue weighted by atomic mass is 15.3. The highest BCUT2D eigenvalue weighted by Crippen LogP contribution is 2.43. The monoisotopic (exact) mass is 308 g/mol. The molecule has 1 aromatic carbocycles. The Kier molecular flexibility index (Phi) is 4.63. The number of hydrogen-bond donors (Lipinski definition) is 0. The molecular weight excluding hydrogens is 280 g/mol. The van der Waals surface area contributed by atoms with Crippen LogP contribution in [-0.4, -0.2) is 49.1 Å². The summed E-state index contributed by atoms with van der Waals surface area (Å²) in [7, 11) is 0. The van der Waals surface area contributed by atoms with Gasteiger partial charge in [-0.1, -0.05) is 54.6 Å². The van der Waals surface area contributed by atoms with Gasteiger partial charge in [0.15, 0.2) is 0 Å². The van der Waals surface area contributed by atoms with E-state index in [1.54, 1.807) is 0 Å². The van der Waals surface area contributed by atoms with E-state index in [4.69, 9.17) is 0 Å². The lowest BCUT2D eigenvalue weighted by molar-refractivity contribution is 0.121. The number of hydrogen-bond acceptors (Lipinski definition) is 2. The van der Waals surface area contributed by atoms with Crippen molar-refractivity contribution in [3.05, 3.63) is 54.1 Å². The van der Waals surface area contributed by atoms with E-state index in [0.717, 1.165) is 24.3 Å². The average molecular weight is 308 g/mol. The van der Waals surface area contributed by atoms with Crippen molar-refractivity contribution >= 4 is 6.08 Å². The van der Waals surface area contributed by atoms with Crippen LogP contribution >= 0.6 is 0 Å². The van der Waals surface area contributed by atoms with E-state index >= 15 is 0 Å². The number of piperazine rings is 1. The summed E-state index contributed by atoms with van der Waals surface area (Å²) < 4.78 is 0. The minimum Gasteiger partial charge on any atom is -0.300 e. The van der Waals surface area contributed by atoms with Gasteiger partial charge in [0.05, 0.1) is 0 Å². The Hall–Kier alpha value is -1.38. The van der Waals surface area contributed by atoms with E-state index in [1.165, 1.54) is 51.1 Å². The molecule has 122 valence electrons. The second-order valence-corrected chi connectivity index (χ2v) is 7.45. The van der Waals surface area contributed by atoms with Crippen molar-refractivity contribution in [2.24, 2.45) is 17.8 Å². The van der Waals surface area contributed by atoms with Crippen LogP contribution in [0.2, 0.25) is 0 Å². The van der Waals surface area contributed by atoms with Crippen LogP contribution < -0.4 is 0 Å². The van der Waals surface area contributed by atoms with Crippen molar-refractivity contribution in [3.8, 4) is 0 Å². The zero-order valence-electron chi connectivity index (χ0n) is 14.0. The van der Waals surface area contributed by atoms with Crippen LogP contribution in [0, 0.1) is 17.8 Å². The van der Waals surface area contributed by atoms with E-state index < -0.39 is 0 Å². The maximum Gasteiger partial charge on any atom is 0.0167 e. The lowest BCUT2D eigenvalue weighted by Crippen LogP contribution is -2.47. The fourth-order valence-electron chi connectivity index (χ4n) is 4.49. The predicted octanol–water partition coefficient (Wildman–Crippen LogP) is 3.53. The molecule has 0 aromatic heterocycles. The molecule has 2 heteroatoms. The summed E-state index contributed by atoms with van der Waals surface area (Å²) in [5.41, 5.74) is 1.30. The van der Waals surface area contributed by atoms with Gasteiger partial charge in [0, 0.05) is 39.3 Å². The Morgan fingerprint density at radius 2 is 1.70 bits per heavy atom. The molecule has 2 fully saturated rings. The van der Waals surface area contributed by atoms with Gasteiger partial charge in [-0.3, -0.25) is 4.90 Å². The van der Waals surface area contributed by atoms with Gasteiger partial charge >= 0.3 is 0 Å². The molecule has 0 amide bonds. The normalized spacial score (nSPS) is 31.4. The second-order valence-electron chi connectivity index (χ2n) is 7.45. The summed E-state index contributed by atoms with van der Waals surface area (Å²) in [5.74, 6) is 2.75. The van der Waals surface area contributed by atoms with Gasteiger partial charge in [-0.2, -0.15) is 0 Å². The quantitative estimate of drug-likeness (QED) is 0.768. The summed E-state index contributed by atoms with van der Waals surface area (Å²) in [6, 6.07) is 10.6. The summed E-state index contributed by atoms with van der Waals surface area (Å²) in [5, 5.41) is 0. The van der Waals surface area contributed by atoms with Crippen molar-refractivity contribution in [2.45, 2.75) is 12.8 Å². The van der Waals surface area contributed by atoms with Crippen LogP contribution in [-0.2, 0) is 0 Å². The molecule has 3 aliphatic rings. The predicted molar refractivity (Wildman–Crippen MR) is 97.2 cm³/mol. The minimum atomic E-state index is 0.895. The maximum absolute atomic E-state index is 2.70. The molecule has 3 unspecified atom stereocenters. The van der Waals surface area contributed by atoms with Crippen molar-refractivity contribution in [1.82, 2.24) is 9.80 Å². The van der Waals surface area contributed by atoms with Crippen molar-refractivity contribution in [3.63, 3.8) is 0 Å². The highest BCUT2D eigenvalue weighted by Gasteiger charge is 2.36. The first-order valence-electron chi connectivity index (χ1n) is 9.21. The number of fused-ring (bicyclic) bond motifs is 2. The maximum atomic E-state index is 2.70. The Labute approximate surface area is 140 Å². The standard InChI is InChI=1S/C21H28N2/c1-2-5-18(6-3-1)7-4-10-22-11-13-23(14-12-22)17-21-16-19-8-9-20(21)15-19/h1-9,19-21H,10-17H2. The largest absolute Gasteiger partial charge is 0.300 e. The first kappa shape index (κ1) is 15.2. The third kappa shape index (κ3) is 3.76. The Morgan fingerprint density at radius 1 is 0.913 bits per heavy atom. The SMILES string of the molecule is C(=Cc1ccccc1)CN1CCN(CC2CC3C=CC2C3)CC1. The third-order valence-electron chi connectivity index (χ3n) is 5.85. The first-order chi connectivity index (χ1) is 11.4. The fraction of sp³-hybridized carbons (Fsp3) is 0.524. The summed E-state index contributed by atoms with van der Waals surface area (Å²) in [6.45, 7) is 7.35. The zero-order chi connectivity index (χ0) is 15.5. The van der Waals surface area contributed by atoms with E-state index in [9.17, 15) is 0 Å². The summed E-state index contributed by atoms with van der Waals surface area (Å²) in [4.78, 5) is 5.28. The molecular formula is C21H28N2. The van der Waals surface area contributed by atoms with E-state index in [1.807, 2.05) is 0 Å². The highest BCUT2D eigenvalue weighted by molar-refractivity contribution is 5.48. The molecule has 3 atom stereocenters. The molecule has 2 aliphatic carbocycles. The lowest BCUT2D eigenvalue weighted by atomic mass is 9.93. The summed E-state index contributed by atoms with van der Waals surface area (Å²) >= 11 is 0. The molecule has 4 rings (SSSR count). The van der Waals surface area contributed by atoms with E-state index in [2.05, 4.69) is 64.4 Å². The number of allylic oxidation sites excluding steroid dienone is 2. The van der Waals surface area contributed by atoms with Gasteiger partial charge in [0.1, 0.15) is 0 Å². The van der Waals surface area contributed by atoms with Crippen LogP contribution in [0.1, 0.15) is 18.4 Å². The average Bonchev–Trinajstić information content (AvgIpc) is 3.20. The zero-order valence-corrected chi connectivity index (χ0v) is 14.0. The summed E-state index contributed by atoms with van der Waals surface area (Å²) in [6.07, 6.45) is 12.4. The van der Waals surface area contributed by atoms with Crippen LogP contribution in [0.5, 0.6) is 0 Å². The first-order valence-corrected chi connectivity index (χ1v) is 9.21. The minimum absolute atomic E-state index is 0.895. The van der Waals surface area contributed by atoms with Gasteiger partial charge in [-0.25, -0.2) is 0 Å². The molecule has 2 nitrogen and oxygen atoms in total. The van der Waals surface area contributed by atoms with Gasteiger partial charge < -0.3 is 4.90 Å². The van der Waals surface area contributed by atoms with Gasteiger partial charge in [-0.05, 0) is 36.2 Å².